The summed E-state index contributed by atoms with van der Waals surface area (Å²) in [6.07, 6.45) is 3.55. The molecule has 3 nitrogen and oxygen atoms in total. The van der Waals surface area contributed by atoms with E-state index in [4.69, 9.17) is 16.3 Å². The lowest BCUT2D eigenvalue weighted by Crippen LogP contribution is -1.92. The van der Waals surface area contributed by atoms with Gasteiger partial charge in [0.25, 0.3) is 0 Å². The Hall–Kier alpha value is -1.06. The fourth-order valence-corrected chi connectivity index (χ4v) is 1.57. The zero-order valence-corrected chi connectivity index (χ0v) is 7.95. The fourth-order valence-electron chi connectivity index (χ4n) is 1.28. The van der Waals surface area contributed by atoms with E-state index in [-0.39, 0.29) is 0 Å². The summed E-state index contributed by atoms with van der Waals surface area (Å²) in [5.41, 5.74) is 1.88. The van der Waals surface area contributed by atoms with Gasteiger partial charge in [-0.05, 0) is 17.7 Å². The quantitative estimate of drug-likeness (QED) is 0.688. The van der Waals surface area contributed by atoms with Gasteiger partial charge >= 0.3 is 0 Å². The number of ether oxygens (including phenoxy) is 1. The van der Waals surface area contributed by atoms with E-state index in [0.29, 0.717) is 11.8 Å². The Morgan fingerprint density at radius 2 is 2.38 bits per heavy atom. The molecule has 2 rings (SSSR count). The third kappa shape index (κ3) is 1.53. The molecule has 68 valence electrons. The average molecular weight is 197 g/mol. The lowest BCUT2D eigenvalue weighted by atomic mass is 10.3. The normalized spacial score (nSPS) is 10.9. The van der Waals surface area contributed by atoms with Gasteiger partial charge in [-0.3, -0.25) is 4.40 Å². The van der Waals surface area contributed by atoms with Crippen LogP contribution in [0.3, 0.4) is 0 Å². The van der Waals surface area contributed by atoms with E-state index < -0.39 is 0 Å². The van der Waals surface area contributed by atoms with Gasteiger partial charge in [-0.15, -0.1) is 0 Å². The maximum Gasteiger partial charge on any atom is 0.138 e. The minimum Gasteiger partial charge on any atom is -0.380 e. The van der Waals surface area contributed by atoms with Crippen molar-refractivity contribution in [3.8, 4) is 0 Å². The summed E-state index contributed by atoms with van der Waals surface area (Å²) < 4.78 is 6.83. The molecular weight excluding hydrogens is 188 g/mol. The van der Waals surface area contributed by atoms with Crippen LogP contribution in [0.2, 0.25) is 5.15 Å². The van der Waals surface area contributed by atoms with Crippen LogP contribution in [0.1, 0.15) is 5.56 Å². The number of rotatable bonds is 2. The number of hydrogen-bond acceptors (Lipinski definition) is 2. The Morgan fingerprint density at radius 1 is 1.54 bits per heavy atom. The van der Waals surface area contributed by atoms with Crippen molar-refractivity contribution >= 4 is 17.2 Å². The van der Waals surface area contributed by atoms with Crippen LogP contribution >= 0.6 is 11.6 Å². The van der Waals surface area contributed by atoms with E-state index in [2.05, 4.69) is 4.98 Å². The predicted octanol–water partition coefficient (Wildman–Crippen LogP) is 2.13. The van der Waals surface area contributed by atoms with Crippen molar-refractivity contribution < 1.29 is 4.74 Å². The first-order chi connectivity index (χ1) is 6.31. The highest BCUT2D eigenvalue weighted by Crippen LogP contribution is 2.15. The molecule has 0 unspecified atom stereocenters. The summed E-state index contributed by atoms with van der Waals surface area (Å²) in [6, 6.07) is 3.83. The molecule has 0 bridgehead atoms. The van der Waals surface area contributed by atoms with Gasteiger partial charge in [0.05, 0.1) is 6.61 Å². The Balaban J connectivity index is 2.56. The van der Waals surface area contributed by atoms with Crippen molar-refractivity contribution in [1.82, 2.24) is 9.38 Å². The molecule has 0 radical (unpaired) electrons. The minimum atomic E-state index is 0.559. The van der Waals surface area contributed by atoms with Gasteiger partial charge in [-0.1, -0.05) is 11.6 Å². The van der Waals surface area contributed by atoms with Gasteiger partial charge in [0.1, 0.15) is 10.8 Å². The lowest BCUT2D eigenvalue weighted by Gasteiger charge is -2.02. The number of pyridine rings is 1. The number of aromatic nitrogens is 2. The van der Waals surface area contributed by atoms with E-state index in [1.165, 1.54) is 0 Å². The molecule has 0 fully saturated rings. The van der Waals surface area contributed by atoms with Crippen molar-refractivity contribution in [3.63, 3.8) is 0 Å². The molecule has 2 aromatic rings. The van der Waals surface area contributed by atoms with Crippen LogP contribution in [-0.2, 0) is 11.3 Å². The van der Waals surface area contributed by atoms with Gasteiger partial charge in [-0.2, -0.15) is 0 Å². The lowest BCUT2D eigenvalue weighted by molar-refractivity contribution is 0.185. The molecule has 0 saturated heterocycles. The van der Waals surface area contributed by atoms with Gasteiger partial charge in [0.2, 0.25) is 0 Å². The molecule has 4 heteroatoms. The first kappa shape index (κ1) is 8.53. The average Bonchev–Trinajstić information content (AvgIpc) is 2.53. The summed E-state index contributed by atoms with van der Waals surface area (Å²) in [4.78, 5) is 4.15. The van der Waals surface area contributed by atoms with Crippen LogP contribution in [0.15, 0.2) is 24.5 Å². The second-order valence-electron chi connectivity index (χ2n) is 2.77. The second-order valence-corrected chi connectivity index (χ2v) is 3.16. The molecular formula is C9H9ClN2O. The number of fused-ring (bicyclic) bond motifs is 1. The summed E-state index contributed by atoms with van der Waals surface area (Å²) in [5, 5.41) is 0.655. The van der Waals surface area contributed by atoms with Crippen LogP contribution in [0.5, 0.6) is 0 Å². The number of methoxy groups -OCH3 is 1. The predicted molar refractivity (Wildman–Crippen MR) is 50.9 cm³/mol. The fraction of sp³-hybridized carbons (Fsp3) is 0.222. The summed E-state index contributed by atoms with van der Waals surface area (Å²) in [6.45, 7) is 0.559. The summed E-state index contributed by atoms with van der Waals surface area (Å²) in [5.74, 6) is 0. The minimum absolute atomic E-state index is 0.559. The van der Waals surface area contributed by atoms with E-state index in [1.807, 2.05) is 22.7 Å². The van der Waals surface area contributed by atoms with Crippen molar-refractivity contribution in [2.45, 2.75) is 6.61 Å². The first-order valence-electron chi connectivity index (χ1n) is 3.91. The Bertz CT molecular complexity index is 424. The Labute approximate surface area is 80.9 Å². The van der Waals surface area contributed by atoms with Gasteiger partial charge in [-0.25, -0.2) is 4.98 Å². The van der Waals surface area contributed by atoms with Crippen molar-refractivity contribution in [1.29, 1.82) is 0 Å². The number of hydrogen-bond donors (Lipinski definition) is 0. The molecule has 0 spiro atoms. The SMILES string of the molecule is COCc1cc(Cl)n2ccnc2c1. The monoisotopic (exact) mass is 196 g/mol. The molecule has 0 aliphatic heterocycles. The Kier molecular flexibility index (Phi) is 2.20. The van der Waals surface area contributed by atoms with Crippen LogP contribution in [-0.4, -0.2) is 16.5 Å². The highest BCUT2D eigenvalue weighted by molar-refractivity contribution is 6.29. The smallest absolute Gasteiger partial charge is 0.138 e. The van der Waals surface area contributed by atoms with Gasteiger partial charge in [0, 0.05) is 19.5 Å². The molecule has 13 heavy (non-hydrogen) atoms. The van der Waals surface area contributed by atoms with Crippen LogP contribution in [0, 0.1) is 0 Å². The van der Waals surface area contributed by atoms with Crippen LogP contribution in [0.25, 0.3) is 5.65 Å². The zero-order valence-electron chi connectivity index (χ0n) is 7.20. The standard InChI is InChI=1S/C9H9ClN2O/c1-13-6-7-4-8(10)12-3-2-11-9(12)5-7/h2-5H,6H2,1H3. The molecule has 0 atom stereocenters. The molecule has 0 aliphatic carbocycles. The van der Waals surface area contributed by atoms with Crippen molar-refractivity contribution in [2.24, 2.45) is 0 Å². The first-order valence-corrected chi connectivity index (χ1v) is 4.29. The van der Waals surface area contributed by atoms with Gasteiger partial charge in [0.15, 0.2) is 0 Å². The van der Waals surface area contributed by atoms with E-state index in [9.17, 15) is 0 Å². The topological polar surface area (TPSA) is 26.5 Å². The summed E-state index contributed by atoms with van der Waals surface area (Å²) in [7, 11) is 1.66. The van der Waals surface area contributed by atoms with E-state index in [1.54, 1.807) is 13.3 Å². The largest absolute Gasteiger partial charge is 0.380 e. The second kappa shape index (κ2) is 3.36. The van der Waals surface area contributed by atoms with E-state index >= 15 is 0 Å². The molecule has 2 aromatic heterocycles. The Morgan fingerprint density at radius 3 is 3.15 bits per heavy atom. The molecule has 0 saturated carbocycles. The molecule has 2 heterocycles. The van der Waals surface area contributed by atoms with Crippen molar-refractivity contribution in [3.05, 3.63) is 35.2 Å². The highest BCUT2D eigenvalue weighted by atomic mass is 35.5. The molecule has 0 aliphatic rings. The number of nitrogens with zero attached hydrogens (tertiary/aromatic N) is 2. The van der Waals surface area contributed by atoms with E-state index in [0.717, 1.165) is 11.2 Å². The summed E-state index contributed by atoms with van der Waals surface area (Å²) >= 11 is 6.01. The third-order valence-corrected chi connectivity index (χ3v) is 2.12. The van der Waals surface area contributed by atoms with Crippen LogP contribution < -0.4 is 0 Å². The molecule has 0 amide bonds. The maximum atomic E-state index is 6.01. The number of halogens is 1. The number of imidazole rings is 1. The molecule has 0 aromatic carbocycles. The van der Waals surface area contributed by atoms with Crippen LogP contribution in [0.4, 0.5) is 0 Å². The zero-order chi connectivity index (χ0) is 9.26. The molecule has 0 N–H and O–H groups in total. The highest BCUT2D eigenvalue weighted by Gasteiger charge is 2.01. The van der Waals surface area contributed by atoms with Gasteiger partial charge < -0.3 is 4.74 Å². The maximum absolute atomic E-state index is 6.01. The van der Waals surface area contributed by atoms with Crippen molar-refractivity contribution in [2.75, 3.05) is 7.11 Å². The third-order valence-electron chi connectivity index (χ3n) is 1.83.